The molecule has 0 bridgehead atoms. The lowest BCUT2D eigenvalue weighted by atomic mass is 10.1. The molecule has 0 unspecified atom stereocenters. The van der Waals surface area contributed by atoms with Crippen LogP contribution < -0.4 is 4.90 Å². The van der Waals surface area contributed by atoms with Gasteiger partial charge in [0.2, 0.25) is 0 Å². The van der Waals surface area contributed by atoms with Crippen LogP contribution in [0, 0.1) is 37.5 Å². The zero-order chi connectivity index (χ0) is 16.3. The zero-order valence-electron chi connectivity index (χ0n) is 12.2. The SMILES string of the molecule is CCCN(CC1CC1)c1c([N+](=O)[O-])cc(C#N)cc1[N+](=O)[O-]. The van der Waals surface area contributed by atoms with Gasteiger partial charge in [0.05, 0.1) is 21.5 Å². The fourth-order valence-corrected chi connectivity index (χ4v) is 2.45. The largest absolute Gasteiger partial charge is 0.360 e. The van der Waals surface area contributed by atoms with Crippen molar-refractivity contribution in [3.63, 3.8) is 0 Å². The highest BCUT2D eigenvalue weighted by Crippen LogP contribution is 2.41. The third kappa shape index (κ3) is 3.31. The van der Waals surface area contributed by atoms with Crippen molar-refractivity contribution >= 4 is 17.1 Å². The molecule has 1 fully saturated rings. The molecule has 0 aromatic heterocycles. The van der Waals surface area contributed by atoms with Crippen LogP contribution in [0.3, 0.4) is 0 Å². The minimum absolute atomic E-state index is 0.0164. The Morgan fingerprint density at radius 3 is 2.18 bits per heavy atom. The van der Waals surface area contributed by atoms with Crippen LogP contribution in [0.1, 0.15) is 31.7 Å². The van der Waals surface area contributed by atoms with Crippen LogP contribution in [0.25, 0.3) is 0 Å². The molecule has 22 heavy (non-hydrogen) atoms. The third-order valence-corrected chi connectivity index (χ3v) is 3.58. The van der Waals surface area contributed by atoms with Crippen molar-refractivity contribution in [2.75, 3.05) is 18.0 Å². The average molecular weight is 304 g/mol. The lowest BCUT2D eigenvalue weighted by Gasteiger charge is -2.23. The Labute approximate surface area is 127 Å². The summed E-state index contributed by atoms with van der Waals surface area (Å²) in [5.74, 6) is 0.432. The molecule has 0 atom stereocenters. The molecular formula is C14H16N4O4. The number of rotatable bonds is 7. The quantitative estimate of drug-likeness (QED) is 0.565. The Morgan fingerprint density at radius 1 is 1.27 bits per heavy atom. The number of nitro groups is 2. The predicted octanol–water partition coefficient (Wildman–Crippen LogP) is 3.00. The van der Waals surface area contributed by atoms with Crippen LogP contribution in [0.15, 0.2) is 12.1 Å². The van der Waals surface area contributed by atoms with Gasteiger partial charge in [0.15, 0.2) is 5.69 Å². The number of nitro benzene ring substituents is 2. The maximum Gasteiger partial charge on any atom is 0.300 e. The lowest BCUT2D eigenvalue weighted by Crippen LogP contribution is -2.28. The summed E-state index contributed by atoms with van der Waals surface area (Å²) in [6.45, 7) is 2.99. The van der Waals surface area contributed by atoms with Gasteiger partial charge in [0.1, 0.15) is 0 Å². The van der Waals surface area contributed by atoms with Gasteiger partial charge in [-0.1, -0.05) is 6.92 Å². The van der Waals surface area contributed by atoms with E-state index in [0.717, 1.165) is 31.4 Å². The number of anilines is 1. The second-order valence-electron chi connectivity index (χ2n) is 5.38. The first-order valence-corrected chi connectivity index (χ1v) is 7.09. The topological polar surface area (TPSA) is 113 Å². The molecule has 116 valence electrons. The minimum atomic E-state index is -0.654. The van der Waals surface area contributed by atoms with E-state index in [4.69, 9.17) is 5.26 Å². The molecule has 1 aliphatic rings. The molecule has 1 aliphatic carbocycles. The maximum absolute atomic E-state index is 11.3. The first-order chi connectivity index (χ1) is 10.5. The molecule has 0 saturated heterocycles. The second-order valence-corrected chi connectivity index (χ2v) is 5.38. The Morgan fingerprint density at radius 2 is 1.82 bits per heavy atom. The molecule has 2 rings (SSSR count). The number of nitriles is 1. The van der Waals surface area contributed by atoms with E-state index in [0.29, 0.717) is 19.0 Å². The Kier molecular flexibility index (Phi) is 4.56. The van der Waals surface area contributed by atoms with Crippen LogP contribution in [-0.4, -0.2) is 22.9 Å². The van der Waals surface area contributed by atoms with Gasteiger partial charge in [0, 0.05) is 25.2 Å². The number of hydrogen-bond acceptors (Lipinski definition) is 6. The van der Waals surface area contributed by atoms with Gasteiger partial charge in [0.25, 0.3) is 0 Å². The summed E-state index contributed by atoms with van der Waals surface area (Å²) in [6, 6.07) is 3.96. The van der Waals surface area contributed by atoms with Crippen LogP contribution in [0.4, 0.5) is 17.1 Å². The number of nitrogens with zero attached hydrogens (tertiary/aromatic N) is 4. The standard InChI is InChI=1S/C14H16N4O4/c1-2-5-16(9-10-3-4-10)14-12(17(19)20)6-11(8-15)7-13(14)18(21)22/h6-7,10H,2-5,9H2,1H3. The molecule has 1 aromatic carbocycles. The summed E-state index contributed by atoms with van der Waals surface area (Å²) >= 11 is 0. The highest BCUT2D eigenvalue weighted by Gasteiger charge is 2.34. The highest BCUT2D eigenvalue weighted by atomic mass is 16.6. The maximum atomic E-state index is 11.3. The number of benzene rings is 1. The van der Waals surface area contributed by atoms with E-state index in [1.165, 1.54) is 0 Å². The summed E-state index contributed by atoms with van der Waals surface area (Å²) in [4.78, 5) is 23.1. The molecule has 0 amide bonds. The van der Waals surface area contributed by atoms with Gasteiger partial charge >= 0.3 is 11.4 Å². The van der Waals surface area contributed by atoms with Gasteiger partial charge in [-0.15, -0.1) is 0 Å². The van der Waals surface area contributed by atoms with Crippen LogP contribution in [0.5, 0.6) is 0 Å². The van der Waals surface area contributed by atoms with Gasteiger partial charge in [-0.3, -0.25) is 20.2 Å². The van der Waals surface area contributed by atoms with Crippen molar-refractivity contribution < 1.29 is 9.85 Å². The normalized spacial score (nSPS) is 13.5. The van der Waals surface area contributed by atoms with E-state index in [1.807, 2.05) is 6.92 Å². The first kappa shape index (κ1) is 15.7. The van der Waals surface area contributed by atoms with E-state index in [1.54, 1.807) is 11.0 Å². The van der Waals surface area contributed by atoms with Crippen molar-refractivity contribution in [1.82, 2.24) is 0 Å². The van der Waals surface area contributed by atoms with E-state index >= 15 is 0 Å². The Bertz CT molecular complexity index is 614. The van der Waals surface area contributed by atoms with E-state index < -0.39 is 9.85 Å². The number of hydrogen-bond donors (Lipinski definition) is 0. The molecule has 0 radical (unpaired) electrons. The van der Waals surface area contributed by atoms with E-state index in [9.17, 15) is 20.2 Å². The van der Waals surface area contributed by atoms with Crippen molar-refractivity contribution in [2.24, 2.45) is 5.92 Å². The monoisotopic (exact) mass is 304 g/mol. The smallest absolute Gasteiger partial charge is 0.300 e. The molecule has 0 spiro atoms. The molecular weight excluding hydrogens is 288 g/mol. The summed E-state index contributed by atoms with van der Waals surface area (Å²) < 4.78 is 0. The minimum Gasteiger partial charge on any atom is -0.360 e. The summed E-state index contributed by atoms with van der Waals surface area (Å²) in [7, 11) is 0. The first-order valence-electron chi connectivity index (χ1n) is 7.09. The van der Waals surface area contributed by atoms with Gasteiger partial charge in [-0.25, -0.2) is 0 Å². The predicted molar refractivity (Wildman–Crippen MR) is 79.7 cm³/mol. The van der Waals surface area contributed by atoms with E-state index in [2.05, 4.69) is 0 Å². The van der Waals surface area contributed by atoms with Crippen LogP contribution in [0.2, 0.25) is 0 Å². The van der Waals surface area contributed by atoms with Crippen LogP contribution in [-0.2, 0) is 0 Å². The second kappa shape index (κ2) is 6.39. The van der Waals surface area contributed by atoms with Crippen molar-refractivity contribution in [1.29, 1.82) is 5.26 Å². The molecule has 8 heteroatoms. The molecule has 0 heterocycles. The van der Waals surface area contributed by atoms with Gasteiger partial charge < -0.3 is 4.90 Å². The molecule has 0 aliphatic heterocycles. The molecule has 8 nitrogen and oxygen atoms in total. The average Bonchev–Trinajstić information content (AvgIpc) is 3.29. The van der Waals surface area contributed by atoms with Crippen molar-refractivity contribution in [3.05, 3.63) is 37.9 Å². The highest BCUT2D eigenvalue weighted by molar-refractivity contribution is 5.77. The van der Waals surface area contributed by atoms with Crippen molar-refractivity contribution in [2.45, 2.75) is 26.2 Å². The summed E-state index contributed by atoms with van der Waals surface area (Å²) in [5, 5.41) is 31.6. The summed E-state index contributed by atoms with van der Waals surface area (Å²) in [6.07, 6.45) is 2.80. The zero-order valence-corrected chi connectivity index (χ0v) is 12.2. The fraction of sp³-hybridized carbons (Fsp3) is 0.500. The van der Waals surface area contributed by atoms with Crippen molar-refractivity contribution in [3.8, 4) is 6.07 Å². The molecule has 1 aromatic rings. The van der Waals surface area contributed by atoms with Gasteiger partial charge in [-0.2, -0.15) is 5.26 Å². The Hall–Kier alpha value is -2.69. The Balaban J connectivity index is 2.60. The van der Waals surface area contributed by atoms with E-state index in [-0.39, 0.29) is 22.6 Å². The molecule has 0 N–H and O–H groups in total. The summed E-state index contributed by atoms with van der Waals surface area (Å²) in [5.41, 5.74) is -0.813. The third-order valence-electron chi connectivity index (χ3n) is 3.58. The van der Waals surface area contributed by atoms with Crippen LogP contribution >= 0.6 is 0 Å². The fourth-order valence-electron chi connectivity index (χ4n) is 2.45. The lowest BCUT2D eigenvalue weighted by molar-refractivity contribution is -0.392. The molecule has 1 saturated carbocycles. The van der Waals surface area contributed by atoms with Gasteiger partial charge in [-0.05, 0) is 25.2 Å².